The largest absolute Gasteiger partial charge is 0.481 e. The molecular formula is C50H76O21. The minimum Gasteiger partial charge on any atom is -0.481 e. The summed E-state index contributed by atoms with van der Waals surface area (Å²) in [6.07, 6.45) is -21.8. The van der Waals surface area contributed by atoms with E-state index in [-0.39, 0.29) is 40.4 Å². The van der Waals surface area contributed by atoms with Gasteiger partial charge in [-0.15, -0.1) is 0 Å². The summed E-state index contributed by atoms with van der Waals surface area (Å²) >= 11 is 0. The van der Waals surface area contributed by atoms with Gasteiger partial charge in [-0.2, -0.15) is 0 Å². The van der Waals surface area contributed by atoms with Crippen molar-refractivity contribution in [2.45, 2.75) is 224 Å². The average molecular weight is 1010 g/mol. The maximum atomic E-state index is 12.9. The number of ether oxygens (including phenoxy) is 7. The summed E-state index contributed by atoms with van der Waals surface area (Å²) in [5.41, 5.74) is -1.76. The second-order valence-corrected chi connectivity index (χ2v) is 24.1. The zero-order valence-corrected chi connectivity index (χ0v) is 42.0. The molecule has 3 saturated heterocycles. The van der Waals surface area contributed by atoms with Crippen LogP contribution in [0.15, 0.2) is 11.6 Å². The molecular weight excluding hydrogens is 937 g/mol. The second-order valence-electron chi connectivity index (χ2n) is 24.1. The number of aliphatic hydroxyl groups excluding tert-OH is 7. The molecule has 25 atom stereocenters. The van der Waals surface area contributed by atoms with E-state index in [2.05, 4.69) is 47.6 Å². The lowest BCUT2D eigenvalue weighted by Crippen LogP contribution is -2.68. The van der Waals surface area contributed by atoms with Crippen molar-refractivity contribution in [2.24, 2.45) is 50.2 Å². The molecule has 4 saturated carbocycles. The van der Waals surface area contributed by atoms with Crippen molar-refractivity contribution in [3.63, 3.8) is 0 Å². The first-order chi connectivity index (χ1) is 32.9. The van der Waals surface area contributed by atoms with Gasteiger partial charge in [-0.3, -0.25) is 9.59 Å². The van der Waals surface area contributed by atoms with Gasteiger partial charge in [0.05, 0.1) is 17.6 Å². The third-order valence-electron chi connectivity index (χ3n) is 19.9. The first kappa shape index (κ1) is 54.4. The predicted molar refractivity (Wildman–Crippen MR) is 241 cm³/mol. The quantitative estimate of drug-likeness (QED) is 0.0841. The second kappa shape index (κ2) is 18.7. The predicted octanol–water partition coefficient (Wildman–Crippen LogP) is 1.46. The van der Waals surface area contributed by atoms with Crippen LogP contribution in [0, 0.1) is 50.2 Å². The molecule has 8 aliphatic rings. The van der Waals surface area contributed by atoms with Gasteiger partial charge in [-0.25, -0.2) is 9.59 Å². The third kappa shape index (κ3) is 8.58. The number of carbonyl (C=O) groups excluding carboxylic acids is 1. The fourth-order valence-corrected chi connectivity index (χ4v) is 15.4. The molecule has 0 amide bonds. The Hall–Kier alpha value is -2.90. The number of hydrogen-bond acceptors (Lipinski definition) is 18. The Bertz CT molecular complexity index is 2100. The Balaban J connectivity index is 1.07. The Morgan fingerprint density at radius 2 is 1.15 bits per heavy atom. The van der Waals surface area contributed by atoms with Crippen molar-refractivity contribution in [1.82, 2.24) is 0 Å². The maximum Gasteiger partial charge on any atom is 0.335 e. The summed E-state index contributed by atoms with van der Waals surface area (Å²) in [7, 11) is 0. The van der Waals surface area contributed by atoms with Crippen molar-refractivity contribution in [1.29, 1.82) is 0 Å². The van der Waals surface area contributed by atoms with Crippen LogP contribution in [0.2, 0.25) is 0 Å². The lowest BCUT2D eigenvalue weighted by atomic mass is 9.33. The number of aliphatic hydroxyl groups is 7. The Labute approximate surface area is 412 Å². The Kier molecular flexibility index (Phi) is 14.3. The fourth-order valence-electron chi connectivity index (χ4n) is 15.4. The monoisotopic (exact) mass is 1010 g/mol. The van der Waals surface area contributed by atoms with Crippen molar-refractivity contribution < 1.29 is 103 Å². The van der Waals surface area contributed by atoms with E-state index in [4.69, 9.17) is 33.2 Å². The van der Waals surface area contributed by atoms with Gasteiger partial charge < -0.3 is 84.2 Å². The van der Waals surface area contributed by atoms with Crippen LogP contribution >= 0.6 is 0 Å². The fraction of sp³-hybridized carbons (Fsp3) is 0.880. The molecule has 0 aromatic carbocycles. The molecule has 0 unspecified atom stereocenters. The lowest BCUT2D eigenvalue weighted by molar-refractivity contribution is -0.392. The SMILES string of the molecule is CC(=O)O[C@@H]1C[C@@](C)(C(=O)O)C[C@H]2C3=CC[C@@H]4[C@@]5(C)CC[C@H](O[C@@H]6O[C@H](C(=O)O)[C@@H](O)[C@H](O)[C@H]6O[C@@H]6O[C@H](C(=O)O)[C@@H](O)[C@H](O)[C@H]6O[C@@H]6O[C@@H](C)[C@H](O)[C@@H](O)[C@H]6O)C(C)(C)[C@@H]5CC[C@@]4(C)[C@]3(C)CC[C@@]12C. The van der Waals surface area contributed by atoms with E-state index in [1.54, 1.807) is 6.92 Å². The summed E-state index contributed by atoms with van der Waals surface area (Å²) in [5, 5.41) is 107. The van der Waals surface area contributed by atoms with Gasteiger partial charge in [0.15, 0.2) is 31.1 Å². The third-order valence-corrected chi connectivity index (χ3v) is 19.9. The van der Waals surface area contributed by atoms with E-state index in [0.29, 0.717) is 19.3 Å². The highest BCUT2D eigenvalue weighted by Gasteiger charge is 2.70. The van der Waals surface area contributed by atoms with Crippen LogP contribution in [0.1, 0.15) is 120 Å². The van der Waals surface area contributed by atoms with Crippen LogP contribution in [-0.4, -0.2) is 179 Å². The molecule has 21 nitrogen and oxygen atoms in total. The lowest BCUT2D eigenvalue weighted by Gasteiger charge is -2.71. The number of esters is 1. The maximum absolute atomic E-state index is 12.9. The number of fused-ring (bicyclic) bond motifs is 7. The Morgan fingerprint density at radius 1 is 0.592 bits per heavy atom. The number of carboxylic acids is 3. The van der Waals surface area contributed by atoms with Gasteiger partial charge in [-0.1, -0.05) is 53.2 Å². The molecule has 3 heterocycles. The smallest absolute Gasteiger partial charge is 0.335 e. The highest BCUT2D eigenvalue weighted by atomic mass is 16.8. The summed E-state index contributed by atoms with van der Waals surface area (Å²) in [4.78, 5) is 50.1. The molecule has 71 heavy (non-hydrogen) atoms. The summed E-state index contributed by atoms with van der Waals surface area (Å²) in [6, 6.07) is 0. The highest BCUT2D eigenvalue weighted by Crippen LogP contribution is 2.76. The normalized spacial score (nSPS) is 52.6. The molecule has 3 aliphatic heterocycles. The summed E-state index contributed by atoms with van der Waals surface area (Å²) < 4.78 is 41.7. The molecule has 0 bridgehead atoms. The van der Waals surface area contributed by atoms with Gasteiger partial charge in [0.1, 0.15) is 61.0 Å². The number of aliphatic carboxylic acids is 3. The van der Waals surface area contributed by atoms with Crippen LogP contribution < -0.4 is 0 Å². The van der Waals surface area contributed by atoms with E-state index in [0.717, 1.165) is 32.1 Å². The van der Waals surface area contributed by atoms with E-state index < -0.39 is 144 Å². The summed E-state index contributed by atoms with van der Waals surface area (Å²) in [5.74, 6) is -4.64. The van der Waals surface area contributed by atoms with Gasteiger partial charge in [0.2, 0.25) is 0 Å². The topological polar surface area (TPSA) is 335 Å². The molecule has 0 aromatic rings. The van der Waals surface area contributed by atoms with Crippen molar-refractivity contribution in [3.8, 4) is 0 Å². The van der Waals surface area contributed by atoms with Crippen molar-refractivity contribution >= 4 is 23.9 Å². The number of carboxylic acid groups (broad SMARTS) is 3. The number of allylic oxidation sites excluding steroid dienone is 2. The minimum atomic E-state index is -2.16. The van der Waals surface area contributed by atoms with E-state index in [1.807, 2.05) is 0 Å². The molecule has 7 fully saturated rings. The van der Waals surface area contributed by atoms with Gasteiger partial charge >= 0.3 is 23.9 Å². The molecule has 402 valence electrons. The van der Waals surface area contributed by atoms with E-state index in [9.17, 15) is 70.2 Å². The van der Waals surface area contributed by atoms with Gasteiger partial charge in [0, 0.05) is 18.8 Å². The van der Waals surface area contributed by atoms with Crippen molar-refractivity contribution in [2.75, 3.05) is 0 Å². The Morgan fingerprint density at radius 3 is 1.70 bits per heavy atom. The number of rotatable bonds is 10. The average Bonchev–Trinajstić information content (AvgIpc) is 3.28. The molecule has 8 rings (SSSR count). The number of hydrogen-bond donors (Lipinski definition) is 10. The summed E-state index contributed by atoms with van der Waals surface area (Å²) in [6.45, 7) is 17.8. The molecule has 5 aliphatic carbocycles. The van der Waals surface area contributed by atoms with Gasteiger partial charge in [0.25, 0.3) is 0 Å². The van der Waals surface area contributed by atoms with Crippen LogP contribution in [0.3, 0.4) is 0 Å². The van der Waals surface area contributed by atoms with E-state index >= 15 is 0 Å². The van der Waals surface area contributed by atoms with Crippen LogP contribution in [0.25, 0.3) is 0 Å². The number of carbonyl (C=O) groups is 4. The first-order valence-corrected chi connectivity index (χ1v) is 25.1. The van der Waals surface area contributed by atoms with Crippen LogP contribution in [-0.2, 0) is 52.3 Å². The minimum absolute atomic E-state index is 0.0110. The molecule has 0 aromatic heterocycles. The zero-order valence-electron chi connectivity index (χ0n) is 42.0. The zero-order chi connectivity index (χ0) is 52.5. The molecule has 21 heteroatoms. The molecule has 10 N–H and O–H groups in total. The molecule has 0 spiro atoms. The molecule has 0 radical (unpaired) electrons. The standard InChI is InChI=1S/C50H76O21/c1-20-28(52)29(53)34(58)41(65-20)70-38-33(57)31(55)36(40(61)62)69-43(38)71-37-32(56)30(54)35(39(59)60)68-42(37)67-26-13-14-48(7)24(45(26,3)4)12-15-50(9)25(48)11-10-22-23-18-46(5,44(63)64)19-27(66-21(2)51)47(23,6)16-17-49(22,50)8/h10,20,23-38,41-43,52-58H,11-19H2,1-9H3,(H,59,60)(H,61,62)(H,63,64)/t20-,23-,24-,25+,26-,27+,28-,29+,30-,31-,32-,33-,34+,35-,36-,37+,38+,41-,42+,43-,46-,47+,48-,49+,50+/m0/s1. The van der Waals surface area contributed by atoms with Crippen LogP contribution in [0.5, 0.6) is 0 Å². The first-order valence-electron chi connectivity index (χ1n) is 25.1. The van der Waals surface area contributed by atoms with Crippen molar-refractivity contribution in [3.05, 3.63) is 11.6 Å². The highest BCUT2D eigenvalue weighted by molar-refractivity contribution is 5.75. The van der Waals surface area contributed by atoms with Crippen LogP contribution in [0.4, 0.5) is 0 Å². The van der Waals surface area contributed by atoms with Gasteiger partial charge in [-0.05, 0) is 105 Å². The van der Waals surface area contributed by atoms with E-state index in [1.165, 1.54) is 19.4 Å².